The zero-order valence-corrected chi connectivity index (χ0v) is 6.26. The zero-order valence-electron chi connectivity index (χ0n) is 6.26. The predicted octanol–water partition coefficient (Wildman–Crippen LogP) is 2.42. The predicted molar refractivity (Wildman–Crippen MR) is 42.6 cm³/mol. The van der Waals surface area contributed by atoms with Crippen molar-refractivity contribution in [3.8, 4) is 0 Å². The second-order valence-electron chi connectivity index (χ2n) is 2.18. The summed E-state index contributed by atoms with van der Waals surface area (Å²) in [6.45, 7) is 6.46. The molecule has 1 aliphatic rings. The molecule has 0 aromatic heterocycles. The van der Waals surface area contributed by atoms with Crippen molar-refractivity contribution in [2.24, 2.45) is 0 Å². The Morgan fingerprint density at radius 3 is 3.00 bits per heavy atom. The first kappa shape index (κ1) is 7.13. The second-order valence-corrected chi connectivity index (χ2v) is 2.18. The van der Waals surface area contributed by atoms with Gasteiger partial charge in [0.15, 0.2) is 0 Å². The molecule has 1 saturated heterocycles. The van der Waals surface area contributed by atoms with E-state index in [0.717, 1.165) is 18.8 Å². The van der Waals surface area contributed by atoms with Crippen LogP contribution in [0.2, 0.25) is 0 Å². The maximum atomic E-state index is 5.32. The highest BCUT2D eigenvalue weighted by Gasteiger charge is 2.11. The molecule has 0 spiro atoms. The van der Waals surface area contributed by atoms with E-state index in [2.05, 4.69) is 12.7 Å². The average molecular weight is 136 g/mol. The van der Waals surface area contributed by atoms with Crippen LogP contribution >= 0.6 is 0 Å². The molecule has 0 aliphatic carbocycles. The molecule has 0 amide bonds. The molecule has 54 valence electrons. The highest BCUT2D eigenvalue weighted by Crippen LogP contribution is 2.22. The number of hydrogen-bond donors (Lipinski definition) is 0. The van der Waals surface area contributed by atoms with Crippen LogP contribution in [-0.2, 0) is 4.74 Å². The fourth-order valence-electron chi connectivity index (χ4n) is 1.04. The third-order valence-electron chi connectivity index (χ3n) is 1.56. The Hall–Kier alpha value is -0.980. The lowest BCUT2D eigenvalue weighted by Gasteiger charge is -1.95. The largest absolute Gasteiger partial charge is 0.493 e. The van der Waals surface area contributed by atoms with E-state index in [1.807, 2.05) is 13.0 Å². The lowest BCUT2D eigenvalue weighted by molar-refractivity contribution is 0.266. The van der Waals surface area contributed by atoms with E-state index in [0.29, 0.717) is 0 Å². The molecule has 0 N–H and O–H groups in total. The van der Waals surface area contributed by atoms with Gasteiger partial charge in [0.2, 0.25) is 0 Å². The molecule has 0 bridgehead atoms. The molecule has 0 saturated carbocycles. The molecule has 1 heterocycles. The van der Waals surface area contributed by atoms with Crippen molar-refractivity contribution >= 4 is 0 Å². The highest BCUT2D eigenvalue weighted by molar-refractivity contribution is 5.30. The van der Waals surface area contributed by atoms with E-state index in [4.69, 9.17) is 4.74 Å². The number of hydrogen-bond acceptors (Lipinski definition) is 1. The Balaban J connectivity index is 2.77. The minimum Gasteiger partial charge on any atom is -0.493 e. The van der Waals surface area contributed by atoms with Gasteiger partial charge >= 0.3 is 0 Å². The maximum absolute atomic E-state index is 5.32. The molecule has 10 heavy (non-hydrogen) atoms. The van der Waals surface area contributed by atoms with Gasteiger partial charge in [-0.05, 0) is 18.6 Å². The standard InChI is InChI=1S/C9H12O/c1-3-5-9-8(4-2)6-7-10-9/h3-5H,1,6-7H2,2H3/b8-4-,9-5+. The van der Waals surface area contributed by atoms with Crippen molar-refractivity contribution in [3.05, 3.63) is 36.1 Å². The third kappa shape index (κ3) is 1.29. The van der Waals surface area contributed by atoms with Crippen molar-refractivity contribution in [1.82, 2.24) is 0 Å². The van der Waals surface area contributed by atoms with E-state index >= 15 is 0 Å². The average Bonchev–Trinajstić information content (AvgIpc) is 2.36. The second kappa shape index (κ2) is 3.25. The van der Waals surface area contributed by atoms with Gasteiger partial charge in [-0.25, -0.2) is 0 Å². The van der Waals surface area contributed by atoms with Gasteiger partial charge < -0.3 is 4.74 Å². The van der Waals surface area contributed by atoms with Crippen LogP contribution in [0.4, 0.5) is 0 Å². The Morgan fingerprint density at radius 2 is 2.40 bits per heavy atom. The summed E-state index contributed by atoms with van der Waals surface area (Å²) in [7, 11) is 0. The molecule has 0 unspecified atom stereocenters. The number of rotatable bonds is 1. The SMILES string of the molecule is C=C/C=C1/OCC/C1=C/C. The number of allylic oxidation sites excluding steroid dienone is 4. The van der Waals surface area contributed by atoms with Crippen molar-refractivity contribution < 1.29 is 4.74 Å². The summed E-state index contributed by atoms with van der Waals surface area (Å²) in [5.74, 6) is 0.984. The molecule has 1 nitrogen and oxygen atoms in total. The lowest BCUT2D eigenvalue weighted by Crippen LogP contribution is -1.78. The van der Waals surface area contributed by atoms with Crippen molar-refractivity contribution in [2.75, 3.05) is 6.61 Å². The first-order chi connectivity index (χ1) is 4.88. The van der Waals surface area contributed by atoms with Gasteiger partial charge in [0.1, 0.15) is 5.76 Å². The molecule has 1 heteroatoms. The van der Waals surface area contributed by atoms with Crippen LogP contribution in [0.25, 0.3) is 0 Å². The smallest absolute Gasteiger partial charge is 0.122 e. The van der Waals surface area contributed by atoms with Crippen LogP contribution in [0.3, 0.4) is 0 Å². The summed E-state index contributed by atoms with van der Waals surface area (Å²) >= 11 is 0. The maximum Gasteiger partial charge on any atom is 0.122 e. The summed E-state index contributed by atoms with van der Waals surface area (Å²) in [6, 6.07) is 0. The molecular formula is C9H12O. The summed E-state index contributed by atoms with van der Waals surface area (Å²) in [4.78, 5) is 0. The van der Waals surface area contributed by atoms with Gasteiger partial charge in [0.25, 0.3) is 0 Å². The lowest BCUT2D eigenvalue weighted by atomic mass is 10.2. The Kier molecular flexibility index (Phi) is 2.32. The molecule has 0 aromatic carbocycles. The Morgan fingerprint density at radius 1 is 1.60 bits per heavy atom. The van der Waals surface area contributed by atoms with E-state index in [1.54, 1.807) is 6.08 Å². The van der Waals surface area contributed by atoms with Gasteiger partial charge in [-0.15, -0.1) is 0 Å². The van der Waals surface area contributed by atoms with Crippen molar-refractivity contribution in [1.29, 1.82) is 0 Å². The Labute approximate surface area is 61.7 Å². The fourth-order valence-corrected chi connectivity index (χ4v) is 1.04. The first-order valence-corrected chi connectivity index (χ1v) is 3.49. The quantitative estimate of drug-likeness (QED) is 0.538. The van der Waals surface area contributed by atoms with Gasteiger partial charge in [0, 0.05) is 6.42 Å². The summed E-state index contributed by atoms with van der Waals surface area (Å²) < 4.78 is 5.32. The molecule has 0 radical (unpaired) electrons. The van der Waals surface area contributed by atoms with E-state index in [1.165, 1.54) is 5.57 Å². The monoisotopic (exact) mass is 136 g/mol. The fraction of sp³-hybridized carbons (Fsp3) is 0.333. The van der Waals surface area contributed by atoms with Gasteiger partial charge in [-0.2, -0.15) is 0 Å². The summed E-state index contributed by atoms with van der Waals surface area (Å²) in [5.41, 5.74) is 1.29. The normalized spacial score (nSPS) is 25.3. The van der Waals surface area contributed by atoms with E-state index in [9.17, 15) is 0 Å². The molecule has 1 fully saturated rings. The highest BCUT2D eigenvalue weighted by atomic mass is 16.5. The van der Waals surface area contributed by atoms with Gasteiger partial charge in [-0.3, -0.25) is 0 Å². The molecule has 0 aromatic rings. The van der Waals surface area contributed by atoms with Crippen LogP contribution in [0, 0.1) is 0 Å². The van der Waals surface area contributed by atoms with Crippen LogP contribution in [0.15, 0.2) is 36.1 Å². The van der Waals surface area contributed by atoms with Crippen LogP contribution in [0.5, 0.6) is 0 Å². The minimum atomic E-state index is 0.819. The first-order valence-electron chi connectivity index (χ1n) is 3.49. The summed E-state index contributed by atoms with van der Waals surface area (Å²) in [6.07, 6.45) is 6.78. The number of ether oxygens (including phenoxy) is 1. The van der Waals surface area contributed by atoms with Crippen LogP contribution in [-0.4, -0.2) is 6.61 Å². The van der Waals surface area contributed by atoms with Crippen LogP contribution in [0.1, 0.15) is 13.3 Å². The molecule has 1 aliphatic heterocycles. The molecule has 1 rings (SSSR count). The van der Waals surface area contributed by atoms with Crippen LogP contribution < -0.4 is 0 Å². The van der Waals surface area contributed by atoms with Crippen molar-refractivity contribution in [3.63, 3.8) is 0 Å². The van der Waals surface area contributed by atoms with Crippen molar-refractivity contribution in [2.45, 2.75) is 13.3 Å². The molecule has 0 atom stereocenters. The van der Waals surface area contributed by atoms with Gasteiger partial charge in [0.05, 0.1) is 6.61 Å². The molecular weight excluding hydrogens is 124 g/mol. The zero-order chi connectivity index (χ0) is 7.40. The van der Waals surface area contributed by atoms with Gasteiger partial charge in [-0.1, -0.05) is 18.7 Å². The minimum absolute atomic E-state index is 0.819. The van der Waals surface area contributed by atoms with E-state index < -0.39 is 0 Å². The topological polar surface area (TPSA) is 9.23 Å². The third-order valence-corrected chi connectivity index (χ3v) is 1.56. The summed E-state index contributed by atoms with van der Waals surface area (Å²) in [5, 5.41) is 0. The Bertz CT molecular complexity index is 187. The van der Waals surface area contributed by atoms with E-state index in [-0.39, 0.29) is 0 Å².